The van der Waals surface area contributed by atoms with Gasteiger partial charge in [-0.2, -0.15) is 5.10 Å². The van der Waals surface area contributed by atoms with Crippen molar-refractivity contribution in [2.24, 2.45) is 0 Å². The van der Waals surface area contributed by atoms with Crippen molar-refractivity contribution < 1.29 is 9.53 Å². The summed E-state index contributed by atoms with van der Waals surface area (Å²) in [5.74, 6) is -0.148. The van der Waals surface area contributed by atoms with Crippen LogP contribution >= 0.6 is 0 Å². The molecule has 4 aromatic rings. The van der Waals surface area contributed by atoms with Gasteiger partial charge in [0, 0.05) is 38.2 Å². The molecule has 3 aromatic heterocycles. The van der Waals surface area contributed by atoms with E-state index >= 15 is 0 Å². The number of imidazole rings is 1. The zero-order valence-corrected chi connectivity index (χ0v) is 17.1. The Kier molecular flexibility index (Phi) is 5.45. The van der Waals surface area contributed by atoms with Crippen LogP contribution in [-0.4, -0.2) is 50.0 Å². The molecule has 158 valence electrons. The minimum absolute atomic E-state index is 0.148. The molecule has 0 atom stereocenters. The Morgan fingerprint density at radius 1 is 1.13 bits per heavy atom. The van der Waals surface area contributed by atoms with Crippen LogP contribution in [0, 0.1) is 0 Å². The number of amides is 1. The van der Waals surface area contributed by atoms with Crippen LogP contribution in [0.1, 0.15) is 34.8 Å². The standard InChI is InChI=1S/C23H24N6O2/c30-23(24-9-6-17-13-27-29(15-17)20-4-2-1-3-5-20)18-12-21-22(25-14-18)28(16-26-21)19-7-10-31-11-8-19/h1-5,12-16,19H,6-11H2,(H,24,30). The molecule has 0 unspecified atom stereocenters. The van der Waals surface area contributed by atoms with E-state index in [2.05, 4.69) is 25.0 Å². The molecule has 8 heteroatoms. The number of fused-ring (bicyclic) bond motifs is 1. The van der Waals surface area contributed by atoms with Crippen LogP contribution in [-0.2, 0) is 11.2 Å². The third-order valence-corrected chi connectivity index (χ3v) is 5.62. The van der Waals surface area contributed by atoms with Crippen molar-refractivity contribution in [3.05, 3.63) is 72.4 Å². The molecule has 5 rings (SSSR count). The average molecular weight is 416 g/mol. The van der Waals surface area contributed by atoms with Gasteiger partial charge in [-0.3, -0.25) is 4.79 Å². The van der Waals surface area contributed by atoms with Gasteiger partial charge in [0.2, 0.25) is 0 Å². The van der Waals surface area contributed by atoms with Crippen LogP contribution in [0.15, 0.2) is 61.3 Å². The number of carbonyl (C=O) groups is 1. The molecule has 0 aliphatic carbocycles. The molecule has 1 aliphatic heterocycles. The normalized spacial score (nSPS) is 14.7. The predicted molar refractivity (Wildman–Crippen MR) is 116 cm³/mol. The lowest BCUT2D eigenvalue weighted by molar-refractivity contribution is 0.0704. The first-order valence-electron chi connectivity index (χ1n) is 10.6. The molecule has 1 fully saturated rings. The zero-order valence-electron chi connectivity index (χ0n) is 17.1. The monoisotopic (exact) mass is 416 g/mol. The Morgan fingerprint density at radius 3 is 2.81 bits per heavy atom. The number of para-hydroxylation sites is 1. The molecule has 0 saturated carbocycles. The summed E-state index contributed by atoms with van der Waals surface area (Å²) >= 11 is 0. The number of carbonyl (C=O) groups excluding carboxylic acids is 1. The Labute approximate surface area is 179 Å². The van der Waals surface area contributed by atoms with Gasteiger partial charge in [-0.1, -0.05) is 18.2 Å². The summed E-state index contributed by atoms with van der Waals surface area (Å²) in [6, 6.07) is 12.1. The Morgan fingerprint density at radius 2 is 1.97 bits per heavy atom. The number of ether oxygens (including phenoxy) is 1. The lowest BCUT2D eigenvalue weighted by atomic mass is 10.1. The minimum atomic E-state index is -0.148. The second kappa shape index (κ2) is 8.69. The van der Waals surface area contributed by atoms with Gasteiger partial charge in [0.25, 0.3) is 5.91 Å². The van der Waals surface area contributed by atoms with Crippen LogP contribution in [0.5, 0.6) is 0 Å². The fourth-order valence-corrected chi connectivity index (χ4v) is 3.91. The smallest absolute Gasteiger partial charge is 0.252 e. The van der Waals surface area contributed by atoms with E-state index in [0.717, 1.165) is 48.5 Å². The fraction of sp³-hybridized carbons (Fsp3) is 0.304. The molecule has 0 spiro atoms. The highest BCUT2D eigenvalue weighted by Gasteiger charge is 2.19. The third-order valence-electron chi connectivity index (χ3n) is 5.62. The maximum atomic E-state index is 12.6. The number of pyridine rings is 1. The number of nitrogens with zero attached hydrogens (tertiary/aromatic N) is 5. The zero-order chi connectivity index (χ0) is 21.0. The van der Waals surface area contributed by atoms with Crippen molar-refractivity contribution in [2.75, 3.05) is 19.8 Å². The quantitative estimate of drug-likeness (QED) is 0.522. The Hall–Kier alpha value is -3.52. The molecular formula is C23H24N6O2. The largest absolute Gasteiger partial charge is 0.381 e. The van der Waals surface area contributed by atoms with Crippen molar-refractivity contribution >= 4 is 17.1 Å². The number of rotatable bonds is 6. The molecule has 1 saturated heterocycles. The van der Waals surface area contributed by atoms with E-state index < -0.39 is 0 Å². The lowest BCUT2D eigenvalue weighted by Gasteiger charge is -2.23. The first-order chi connectivity index (χ1) is 15.3. The maximum Gasteiger partial charge on any atom is 0.252 e. The van der Waals surface area contributed by atoms with Crippen LogP contribution < -0.4 is 5.32 Å². The molecule has 4 heterocycles. The van der Waals surface area contributed by atoms with E-state index in [1.165, 1.54) is 0 Å². The predicted octanol–water partition coefficient (Wildman–Crippen LogP) is 2.94. The molecule has 1 amide bonds. The van der Waals surface area contributed by atoms with Crippen LogP contribution in [0.3, 0.4) is 0 Å². The Bertz CT molecular complexity index is 1180. The maximum absolute atomic E-state index is 12.6. The second-order valence-corrected chi connectivity index (χ2v) is 7.70. The highest BCUT2D eigenvalue weighted by Crippen LogP contribution is 2.24. The first-order valence-corrected chi connectivity index (χ1v) is 10.6. The van der Waals surface area contributed by atoms with E-state index in [0.29, 0.717) is 24.6 Å². The number of nitrogens with one attached hydrogen (secondary N) is 1. The summed E-state index contributed by atoms with van der Waals surface area (Å²) in [5.41, 5.74) is 4.15. The van der Waals surface area contributed by atoms with E-state index in [1.807, 2.05) is 53.7 Å². The highest BCUT2D eigenvalue weighted by molar-refractivity contribution is 5.96. The van der Waals surface area contributed by atoms with Gasteiger partial charge < -0.3 is 14.6 Å². The summed E-state index contributed by atoms with van der Waals surface area (Å²) in [5, 5.41) is 7.36. The number of aromatic nitrogens is 5. The molecule has 1 aliphatic rings. The van der Waals surface area contributed by atoms with Gasteiger partial charge in [-0.15, -0.1) is 0 Å². The van der Waals surface area contributed by atoms with Gasteiger partial charge in [0.15, 0.2) is 5.65 Å². The average Bonchev–Trinajstić information content (AvgIpc) is 3.47. The topological polar surface area (TPSA) is 86.9 Å². The van der Waals surface area contributed by atoms with Gasteiger partial charge in [0.1, 0.15) is 5.52 Å². The number of benzene rings is 1. The van der Waals surface area contributed by atoms with Crippen LogP contribution in [0.4, 0.5) is 0 Å². The molecule has 8 nitrogen and oxygen atoms in total. The fourth-order valence-electron chi connectivity index (χ4n) is 3.91. The Balaban J connectivity index is 1.20. The molecular weight excluding hydrogens is 392 g/mol. The summed E-state index contributed by atoms with van der Waals surface area (Å²) in [6.45, 7) is 2.04. The van der Waals surface area contributed by atoms with Gasteiger partial charge in [-0.25, -0.2) is 14.6 Å². The number of hydrogen-bond acceptors (Lipinski definition) is 5. The van der Waals surface area contributed by atoms with Gasteiger partial charge >= 0.3 is 0 Å². The molecule has 0 radical (unpaired) electrons. The summed E-state index contributed by atoms with van der Waals surface area (Å²) in [6.07, 6.45) is 9.87. The van der Waals surface area contributed by atoms with E-state index in [1.54, 1.807) is 12.3 Å². The second-order valence-electron chi connectivity index (χ2n) is 7.70. The van der Waals surface area contributed by atoms with E-state index in [9.17, 15) is 4.79 Å². The van der Waals surface area contributed by atoms with E-state index in [-0.39, 0.29) is 5.91 Å². The lowest BCUT2D eigenvalue weighted by Crippen LogP contribution is -2.25. The van der Waals surface area contributed by atoms with Crippen LogP contribution in [0.25, 0.3) is 16.9 Å². The van der Waals surface area contributed by atoms with Crippen molar-refractivity contribution in [1.29, 1.82) is 0 Å². The number of hydrogen-bond donors (Lipinski definition) is 1. The highest BCUT2D eigenvalue weighted by atomic mass is 16.5. The summed E-state index contributed by atoms with van der Waals surface area (Å²) < 4.78 is 9.38. The molecule has 1 aromatic carbocycles. The van der Waals surface area contributed by atoms with Crippen LogP contribution in [0.2, 0.25) is 0 Å². The molecule has 1 N–H and O–H groups in total. The summed E-state index contributed by atoms with van der Waals surface area (Å²) in [4.78, 5) is 21.6. The van der Waals surface area contributed by atoms with Gasteiger partial charge in [-0.05, 0) is 43.0 Å². The molecule has 0 bridgehead atoms. The van der Waals surface area contributed by atoms with E-state index in [4.69, 9.17) is 4.74 Å². The molecule has 31 heavy (non-hydrogen) atoms. The third kappa shape index (κ3) is 4.20. The van der Waals surface area contributed by atoms with Crippen molar-refractivity contribution in [3.63, 3.8) is 0 Å². The minimum Gasteiger partial charge on any atom is -0.381 e. The van der Waals surface area contributed by atoms with Crippen molar-refractivity contribution in [2.45, 2.75) is 25.3 Å². The van der Waals surface area contributed by atoms with Crippen molar-refractivity contribution in [3.8, 4) is 5.69 Å². The SMILES string of the molecule is O=C(NCCc1cnn(-c2ccccc2)c1)c1cnc2c(c1)ncn2C1CCOCC1. The first kappa shape index (κ1) is 19.4. The van der Waals surface area contributed by atoms with Crippen molar-refractivity contribution in [1.82, 2.24) is 29.6 Å². The summed E-state index contributed by atoms with van der Waals surface area (Å²) in [7, 11) is 0. The van der Waals surface area contributed by atoms with Gasteiger partial charge in [0.05, 0.1) is 23.8 Å².